The van der Waals surface area contributed by atoms with Crippen LogP contribution in [-0.2, 0) is 19.6 Å². The zero-order valence-corrected chi connectivity index (χ0v) is 20.2. The summed E-state index contributed by atoms with van der Waals surface area (Å²) >= 11 is 1.52. The molecule has 1 aliphatic rings. The number of amides is 1. The number of hydrogen-bond donors (Lipinski definition) is 2. The van der Waals surface area contributed by atoms with Crippen LogP contribution in [0.25, 0.3) is 6.08 Å². The lowest BCUT2D eigenvalue weighted by atomic mass is 10.2. The van der Waals surface area contributed by atoms with E-state index in [-0.39, 0.29) is 10.8 Å². The van der Waals surface area contributed by atoms with Crippen molar-refractivity contribution >= 4 is 50.4 Å². The summed E-state index contributed by atoms with van der Waals surface area (Å²) in [6.07, 6.45) is 3.13. The van der Waals surface area contributed by atoms with Crippen LogP contribution in [0.2, 0.25) is 0 Å². The van der Waals surface area contributed by atoms with Crippen LogP contribution in [0, 0.1) is 0 Å². The molecule has 3 aromatic rings. The minimum atomic E-state index is -4.01. The molecule has 1 aromatic heterocycles. The molecule has 0 atom stereocenters. The van der Waals surface area contributed by atoms with Gasteiger partial charge in [0.25, 0.3) is 10.0 Å². The predicted molar refractivity (Wildman–Crippen MR) is 135 cm³/mol. The molecule has 1 fully saturated rings. The maximum absolute atomic E-state index is 13.5. The van der Waals surface area contributed by atoms with Crippen LogP contribution >= 0.6 is 11.3 Å². The maximum atomic E-state index is 13.5. The zero-order valence-electron chi connectivity index (χ0n) is 18.6. The average molecular weight is 500 g/mol. The highest BCUT2D eigenvalue weighted by Crippen LogP contribution is 2.33. The van der Waals surface area contributed by atoms with Crippen LogP contribution in [0.3, 0.4) is 0 Å². The van der Waals surface area contributed by atoms with Crippen molar-refractivity contribution in [1.82, 2.24) is 0 Å². The Morgan fingerprint density at radius 1 is 1.12 bits per heavy atom. The standard InChI is InChI=1S/C24H25N3O5S2/c1-31-22-7-3-2-6-20(22)26-34(29,30)23-17-18(8-10-21(23)27-12-14-32-15-13-27)25-24(28)11-9-19-5-4-16-33-19/h2-11,16-17,26H,12-15H2,1H3,(H,25,28). The van der Waals surface area contributed by atoms with Gasteiger partial charge in [-0.2, -0.15) is 0 Å². The zero-order chi connectivity index (χ0) is 24.0. The van der Waals surface area contributed by atoms with Gasteiger partial charge in [-0.25, -0.2) is 8.42 Å². The largest absolute Gasteiger partial charge is 0.495 e. The van der Waals surface area contributed by atoms with Crippen LogP contribution in [0.1, 0.15) is 4.88 Å². The summed E-state index contributed by atoms with van der Waals surface area (Å²) in [5.74, 6) is 0.0516. The smallest absolute Gasteiger partial charge is 0.264 e. The van der Waals surface area contributed by atoms with Crippen molar-refractivity contribution in [2.45, 2.75) is 4.90 Å². The predicted octanol–water partition coefficient (Wildman–Crippen LogP) is 4.05. The van der Waals surface area contributed by atoms with E-state index in [2.05, 4.69) is 10.0 Å². The van der Waals surface area contributed by atoms with E-state index in [4.69, 9.17) is 9.47 Å². The van der Waals surface area contributed by atoms with Crippen LogP contribution < -0.4 is 19.7 Å². The highest BCUT2D eigenvalue weighted by atomic mass is 32.2. The van der Waals surface area contributed by atoms with Crippen molar-refractivity contribution in [2.24, 2.45) is 0 Å². The van der Waals surface area contributed by atoms with Crippen molar-refractivity contribution in [2.75, 3.05) is 48.4 Å². The molecule has 1 aliphatic heterocycles. The molecule has 4 rings (SSSR count). The Morgan fingerprint density at radius 3 is 2.65 bits per heavy atom. The number of carbonyl (C=O) groups is 1. The number of benzene rings is 2. The average Bonchev–Trinajstić information content (AvgIpc) is 3.37. The number of nitrogens with zero attached hydrogens (tertiary/aromatic N) is 1. The van der Waals surface area contributed by atoms with Crippen LogP contribution in [0.4, 0.5) is 17.1 Å². The molecule has 34 heavy (non-hydrogen) atoms. The fourth-order valence-corrected chi connectivity index (χ4v) is 5.47. The molecule has 2 N–H and O–H groups in total. The number of methoxy groups -OCH3 is 1. The van der Waals surface area contributed by atoms with Crippen molar-refractivity contribution in [3.8, 4) is 5.75 Å². The Bertz CT molecular complexity index is 1270. The Morgan fingerprint density at radius 2 is 1.91 bits per heavy atom. The number of thiophene rings is 1. The number of rotatable bonds is 8. The van der Waals surface area contributed by atoms with Crippen molar-refractivity contribution in [3.63, 3.8) is 0 Å². The molecule has 0 saturated carbocycles. The van der Waals surface area contributed by atoms with Gasteiger partial charge in [0, 0.05) is 29.7 Å². The third-order valence-electron chi connectivity index (χ3n) is 5.16. The van der Waals surface area contributed by atoms with Gasteiger partial charge >= 0.3 is 0 Å². The number of para-hydroxylation sites is 2. The second kappa shape index (κ2) is 10.7. The number of carbonyl (C=O) groups excluding carboxylic acids is 1. The molecule has 0 bridgehead atoms. The highest BCUT2D eigenvalue weighted by molar-refractivity contribution is 7.93. The molecule has 2 aromatic carbocycles. The summed E-state index contributed by atoms with van der Waals surface area (Å²) in [7, 11) is -2.53. The van der Waals surface area contributed by atoms with Crippen molar-refractivity contribution < 1.29 is 22.7 Å². The van der Waals surface area contributed by atoms with Gasteiger partial charge in [0.05, 0.1) is 31.7 Å². The van der Waals surface area contributed by atoms with Gasteiger partial charge in [0.15, 0.2) is 0 Å². The van der Waals surface area contributed by atoms with Gasteiger partial charge in [-0.3, -0.25) is 9.52 Å². The fraction of sp³-hybridized carbons (Fsp3) is 0.208. The SMILES string of the molecule is COc1ccccc1NS(=O)(=O)c1cc(NC(=O)C=Cc2cccs2)ccc1N1CCOCC1. The van der Waals surface area contributed by atoms with Crippen molar-refractivity contribution in [1.29, 1.82) is 0 Å². The summed E-state index contributed by atoms with van der Waals surface area (Å²) in [5.41, 5.74) is 1.24. The highest BCUT2D eigenvalue weighted by Gasteiger charge is 2.25. The molecule has 0 radical (unpaired) electrons. The molecule has 178 valence electrons. The summed E-state index contributed by atoms with van der Waals surface area (Å²) in [6, 6.07) is 15.5. The Balaban J connectivity index is 1.65. The first kappa shape index (κ1) is 23.8. The van der Waals surface area contributed by atoms with E-state index >= 15 is 0 Å². The molecular weight excluding hydrogens is 474 g/mol. The van der Waals surface area contributed by atoms with Crippen LogP contribution in [-0.4, -0.2) is 47.7 Å². The van der Waals surface area contributed by atoms with Gasteiger partial charge in [-0.1, -0.05) is 18.2 Å². The summed E-state index contributed by atoms with van der Waals surface area (Å²) in [6.45, 7) is 2.13. The number of sulfonamides is 1. The van der Waals surface area contributed by atoms with Crippen LogP contribution in [0.5, 0.6) is 5.75 Å². The Kier molecular flexibility index (Phi) is 7.51. The van der Waals surface area contributed by atoms with E-state index in [1.807, 2.05) is 22.4 Å². The van der Waals surface area contributed by atoms with E-state index < -0.39 is 10.0 Å². The third-order valence-corrected chi connectivity index (χ3v) is 7.39. The molecule has 0 unspecified atom stereocenters. The second-order valence-electron chi connectivity index (χ2n) is 7.43. The minimum absolute atomic E-state index is 0.0559. The first-order valence-electron chi connectivity index (χ1n) is 10.6. The van der Waals surface area contributed by atoms with E-state index in [0.717, 1.165) is 4.88 Å². The molecule has 10 heteroatoms. The van der Waals surface area contributed by atoms with Gasteiger partial charge < -0.3 is 19.7 Å². The first-order chi connectivity index (χ1) is 16.5. The van der Waals surface area contributed by atoms with Crippen molar-refractivity contribution in [3.05, 3.63) is 70.9 Å². The molecule has 1 amide bonds. The summed E-state index contributed by atoms with van der Waals surface area (Å²) < 4.78 is 40.3. The molecule has 0 aliphatic carbocycles. The molecule has 8 nitrogen and oxygen atoms in total. The lowest BCUT2D eigenvalue weighted by molar-refractivity contribution is -0.111. The maximum Gasteiger partial charge on any atom is 0.264 e. The Hall–Kier alpha value is -3.34. The quantitative estimate of drug-likeness (QED) is 0.454. The minimum Gasteiger partial charge on any atom is -0.495 e. The second-order valence-corrected chi connectivity index (χ2v) is 10.1. The molecule has 0 spiro atoms. The lowest BCUT2D eigenvalue weighted by Gasteiger charge is -2.30. The molecule has 1 saturated heterocycles. The lowest BCUT2D eigenvalue weighted by Crippen LogP contribution is -2.37. The number of morpholine rings is 1. The van der Waals surface area contributed by atoms with Gasteiger partial charge in [0.2, 0.25) is 5.91 Å². The van der Waals surface area contributed by atoms with Gasteiger partial charge in [-0.15, -0.1) is 11.3 Å². The number of hydrogen-bond acceptors (Lipinski definition) is 7. The van der Waals surface area contributed by atoms with E-state index in [9.17, 15) is 13.2 Å². The third kappa shape index (κ3) is 5.77. The van der Waals surface area contributed by atoms with Gasteiger partial charge in [-0.05, 0) is 47.9 Å². The van der Waals surface area contributed by atoms with Crippen LogP contribution in [0.15, 0.2) is 70.9 Å². The van der Waals surface area contributed by atoms with Gasteiger partial charge in [0.1, 0.15) is 10.6 Å². The number of nitrogens with one attached hydrogen (secondary N) is 2. The molecule has 2 heterocycles. The Labute approximate surface area is 202 Å². The number of anilines is 3. The fourth-order valence-electron chi connectivity index (χ4n) is 3.53. The summed E-state index contributed by atoms with van der Waals surface area (Å²) in [5, 5.41) is 4.68. The van der Waals surface area contributed by atoms with E-state index in [1.165, 1.54) is 30.6 Å². The first-order valence-corrected chi connectivity index (χ1v) is 13.0. The monoisotopic (exact) mass is 499 g/mol. The molecular formula is C24H25N3O5S2. The normalized spacial score (nSPS) is 14.2. The topological polar surface area (TPSA) is 97.0 Å². The number of ether oxygens (including phenoxy) is 2. The van der Waals surface area contributed by atoms with E-state index in [1.54, 1.807) is 42.5 Å². The summed E-state index contributed by atoms with van der Waals surface area (Å²) in [4.78, 5) is 15.4. The van der Waals surface area contributed by atoms with E-state index in [0.29, 0.717) is 49.1 Å².